The molecular formula is C21H20N2O3S. The van der Waals surface area contributed by atoms with E-state index in [1.165, 1.54) is 0 Å². The van der Waals surface area contributed by atoms with Gasteiger partial charge in [0, 0.05) is 27.6 Å². The number of hydrogen-bond acceptors (Lipinski definition) is 3. The summed E-state index contributed by atoms with van der Waals surface area (Å²) in [5.74, 6) is -1.22. The number of anilines is 2. The predicted molar refractivity (Wildman–Crippen MR) is 110 cm³/mol. The summed E-state index contributed by atoms with van der Waals surface area (Å²) in [5, 5.41) is 7.39. The highest BCUT2D eigenvalue weighted by Gasteiger charge is 2.13. The molecule has 0 saturated heterocycles. The minimum absolute atomic E-state index is 0.225. The summed E-state index contributed by atoms with van der Waals surface area (Å²) < 4.78 is 12.2. The Morgan fingerprint density at radius 2 is 1.44 bits per heavy atom. The summed E-state index contributed by atoms with van der Waals surface area (Å²) in [7, 11) is -1.59. The maximum absolute atomic E-state index is 12.2. The Hall–Kier alpha value is -2.99. The molecule has 0 fully saturated rings. The molecule has 27 heavy (non-hydrogen) atoms. The van der Waals surface area contributed by atoms with Gasteiger partial charge in [-0.1, -0.05) is 54.1 Å². The van der Waals surface area contributed by atoms with Crippen LogP contribution in [0.2, 0.25) is 0 Å². The third-order valence-electron chi connectivity index (χ3n) is 3.98. The molecule has 0 radical (unpaired) electrons. The van der Waals surface area contributed by atoms with E-state index in [2.05, 4.69) is 10.6 Å². The van der Waals surface area contributed by atoms with Crippen LogP contribution in [0.1, 0.15) is 5.56 Å². The fourth-order valence-corrected chi connectivity index (χ4v) is 3.53. The molecule has 1 atom stereocenters. The summed E-state index contributed by atoms with van der Waals surface area (Å²) in [4.78, 5) is 24.2. The summed E-state index contributed by atoms with van der Waals surface area (Å²) >= 11 is 0. The molecule has 3 rings (SSSR count). The van der Waals surface area contributed by atoms with E-state index in [0.717, 1.165) is 16.3 Å². The van der Waals surface area contributed by atoms with Crippen molar-refractivity contribution in [2.45, 2.75) is 6.92 Å². The second kappa shape index (κ2) is 8.60. The van der Waals surface area contributed by atoms with E-state index in [4.69, 9.17) is 0 Å². The van der Waals surface area contributed by atoms with Gasteiger partial charge in [-0.3, -0.25) is 13.8 Å². The van der Waals surface area contributed by atoms with Gasteiger partial charge in [0.05, 0.1) is 0 Å². The van der Waals surface area contributed by atoms with Gasteiger partial charge in [0.15, 0.2) is 0 Å². The molecule has 0 bridgehead atoms. The van der Waals surface area contributed by atoms with Crippen LogP contribution in [0, 0.1) is 6.92 Å². The first-order valence-corrected chi connectivity index (χ1v) is 9.99. The molecule has 6 heteroatoms. The van der Waals surface area contributed by atoms with Gasteiger partial charge in [-0.05, 0) is 30.5 Å². The molecule has 0 aliphatic rings. The van der Waals surface area contributed by atoms with Gasteiger partial charge < -0.3 is 10.6 Å². The first-order chi connectivity index (χ1) is 13.0. The van der Waals surface area contributed by atoms with E-state index in [-0.39, 0.29) is 23.3 Å². The lowest BCUT2D eigenvalue weighted by atomic mass is 10.1. The van der Waals surface area contributed by atoms with E-state index >= 15 is 0 Å². The number of aryl methyl sites for hydroxylation is 1. The van der Waals surface area contributed by atoms with Crippen molar-refractivity contribution in [1.29, 1.82) is 0 Å². The van der Waals surface area contributed by atoms with E-state index in [9.17, 15) is 13.8 Å². The Labute approximate surface area is 160 Å². The van der Waals surface area contributed by atoms with Crippen LogP contribution in [0.3, 0.4) is 0 Å². The minimum atomic E-state index is -1.59. The topological polar surface area (TPSA) is 75.3 Å². The smallest absolute Gasteiger partial charge is 0.237 e. The van der Waals surface area contributed by atoms with Crippen LogP contribution < -0.4 is 10.6 Å². The molecule has 0 spiro atoms. The second-order valence-electron chi connectivity index (χ2n) is 6.22. The third kappa shape index (κ3) is 5.24. The summed E-state index contributed by atoms with van der Waals surface area (Å²) in [6, 6.07) is 20.6. The normalized spacial score (nSPS) is 11.7. The lowest BCUT2D eigenvalue weighted by Gasteiger charge is -2.09. The zero-order chi connectivity index (χ0) is 19.2. The lowest BCUT2D eigenvalue weighted by Crippen LogP contribution is -2.26. The highest BCUT2D eigenvalue weighted by Crippen LogP contribution is 2.22. The Bertz CT molecular complexity index is 994. The predicted octanol–water partition coefficient (Wildman–Crippen LogP) is 3.47. The third-order valence-corrected chi connectivity index (χ3v) is 5.15. The Morgan fingerprint density at radius 3 is 2.19 bits per heavy atom. The quantitative estimate of drug-likeness (QED) is 0.687. The van der Waals surface area contributed by atoms with Gasteiger partial charge in [-0.15, -0.1) is 0 Å². The summed E-state index contributed by atoms with van der Waals surface area (Å²) in [6.07, 6.45) is 0. The number of hydrogen-bond donors (Lipinski definition) is 2. The van der Waals surface area contributed by atoms with Gasteiger partial charge in [-0.2, -0.15) is 0 Å². The summed E-state index contributed by atoms with van der Waals surface area (Å²) in [5.41, 5.74) is 2.39. The Morgan fingerprint density at radius 1 is 0.815 bits per heavy atom. The molecule has 1 unspecified atom stereocenters. The highest BCUT2D eigenvalue weighted by molar-refractivity contribution is 7.86. The highest BCUT2D eigenvalue weighted by atomic mass is 32.2. The average molecular weight is 380 g/mol. The molecule has 2 N–H and O–H groups in total. The molecule has 0 heterocycles. The zero-order valence-electron chi connectivity index (χ0n) is 14.9. The standard InChI is InChI=1S/C21H20N2O3S/c1-15-9-11-17(12-10-15)22-20(24)13-27(26)14-21(25)23-19-8-4-6-16-5-2-3-7-18(16)19/h2-12H,13-14H2,1H3,(H,22,24)(H,23,25). The number of amides is 2. The van der Waals surface area contributed by atoms with Crippen molar-refractivity contribution >= 4 is 44.8 Å². The largest absolute Gasteiger partial charge is 0.325 e. The molecule has 5 nitrogen and oxygen atoms in total. The van der Waals surface area contributed by atoms with Crippen molar-refractivity contribution in [2.75, 3.05) is 22.1 Å². The zero-order valence-corrected chi connectivity index (χ0v) is 15.7. The van der Waals surface area contributed by atoms with Gasteiger partial charge in [-0.25, -0.2) is 0 Å². The number of benzene rings is 3. The van der Waals surface area contributed by atoms with Crippen LogP contribution in [0.4, 0.5) is 11.4 Å². The van der Waals surface area contributed by atoms with Crippen molar-refractivity contribution in [1.82, 2.24) is 0 Å². The van der Waals surface area contributed by atoms with Crippen molar-refractivity contribution in [3.8, 4) is 0 Å². The van der Waals surface area contributed by atoms with Crippen molar-refractivity contribution in [3.63, 3.8) is 0 Å². The number of fused-ring (bicyclic) bond motifs is 1. The van der Waals surface area contributed by atoms with Crippen LogP contribution in [0.15, 0.2) is 66.7 Å². The molecule has 0 aromatic heterocycles. The Kier molecular flexibility index (Phi) is 5.98. The van der Waals surface area contributed by atoms with Gasteiger partial charge in [0.1, 0.15) is 11.5 Å². The Balaban J connectivity index is 1.55. The number of carbonyl (C=O) groups excluding carboxylic acids is 2. The molecular weight excluding hydrogens is 360 g/mol. The monoisotopic (exact) mass is 380 g/mol. The van der Waals surface area contributed by atoms with E-state index in [0.29, 0.717) is 11.4 Å². The van der Waals surface area contributed by atoms with Crippen LogP contribution in [-0.4, -0.2) is 27.5 Å². The van der Waals surface area contributed by atoms with Gasteiger partial charge in [0.25, 0.3) is 0 Å². The van der Waals surface area contributed by atoms with Gasteiger partial charge >= 0.3 is 0 Å². The van der Waals surface area contributed by atoms with E-state index < -0.39 is 10.8 Å². The molecule has 3 aromatic carbocycles. The fourth-order valence-electron chi connectivity index (χ4n) is 2.70. The number of rotatable bonds is 6. The number of nitrogens with one attached hydrogen (secondary N) is 2. The summed E-state index contributed by atoms with van der Waals surface area (Å²) in [6.45, 7) is 1.95. The van der Waals surface area contributed by atoms with Crippen LogP contribution in [0.5, 0.6) is 0 Å². The first-order valence-electron chi connectivity index (χ1n) is 8.50. The van der Waals surface area contributed by atoms with Crippen LogP contribution in [-0.2, 0) is 20.4 Å². The minimum Gasteiger partial charge on any atom is -0.325 e. The van der Waals surface area contributed by atoms with Crippen LogP contribution in [0.25, 0.3) is 10.8 Å². The molecule has 3 aromatic rings. The second-order valence-corrected chi connectivity index (χ2v) is 7.67. The fraction of sp³-hybridized carbons (Fsp3) is 0.143. The molecule has 0 aliphatic heterocycles. The molecule has 0 saturated carbocycles. The number of carbonyl (C=O) groups is 2. The van der Waals surface area contributed by atoms with Gasteiger partial charge in [0.2, 0.25) is 11.8 Å². The molecule has 138 valence electrons. The first kappa shape index (κ1) is 18.8. The SMILES string of the molecule is Cc1ccc(NC(=O)CS(=O)CC(=O)Nc2cccc3ccccc23)cc1. The van der Waals surface area contributed by atoms with Crippen molar-refractivity contribution < 1.29 is 13.8 Å². The van der Waals surface area contributed by atoms with Crippen molar-refractivity contribution in [2.24, 2.45) is 0 Å². The average Bonchev–Trinajstić information content (AvgIpc) is 2.63. The van der Waals surface area contributed by atoms with E-state index in [1.807, 2.05) is 55.5 Å². The lowest BCUT2D eigenvalue weighted by molar-refractivity contribution is -0.114. The van der Waals surface area contributed by atoms with Crippen molar-refractivity contribution in [3.05, 3.63) is 72.3 Å². The molecule has 0 aliphatic carbocycles. The maximum atomic E-state index is 12.2. The van der Waals surface area contributed by atoms with E-state index in [1.54, 1.807) is 18.2 Å². The molecule has 2 amide bonds. The maximum Gasteiger partial charge on any atom is 0.237 e. The van der Waals surface area contributed by atoms with Crippen LogP contribution >= 0.6 is 0 Å².